The van der Waals surface area contributed by atoms with Gasteiger partial charge in [0.25, 0.3) is 0 Å². The lowest BCUT2D eigenvalue weighted by Crippen LogP contribution is -2.45. The zero-order valence-corrected chi connectivity index (χ0v) is 8.37. The third-order valence-electron chi connectivity index (χ3n) is 3.16. The molecule has 1 aromatic carbocycles. The van der Waals surface area contributed by atoms with Crippen LogP contribution in [-0.4, -0.2) is 24.8 Å². The molecular weight excluding hydrogens is 174 g/mol. The Bertz CT molecular complexity index is 278. The molecule has 0 aliphatic carbocycles. The fourth-order valence-electron chi connectivity index (χ4n) is 2.23. The van der Waals surface area contributed by atoms with Gasteiger partial charge in [0.1, 0.15) is 0 Å². The molecule has 1 fully saturated rings. The molecular formula is C12H17NO. The number of aliphatic hydroxyl groups is 1. The summed E-state index contributed by atoms with van der Waals surface area (Å²) in [5.74, 6) is 0. The molecule has 1 atom stereocenters. The summed E-state index contributed by atoms with van der Waals surface area (Å²) in [4.78, 5) is 0. The molecule has 0 unspecified atom stereocenters. The van der Waals surface area contributed by atoms with Crippen LogP contribution in [0.15, 0.2) is 30.3 Å². The monoisotopic (exact) mass is 191 g/mol. The highest BCUT2D eigenvalue weighted by Gasteiger charge is 2.32. The van der Waals surface area contributed by atoms with E-state index < -0.39 is 0 Å². The van der Waals surface area contributed by atoms with Gasteiger partial charge < -0.3 is 10.4 Å². The van der Waals surface area contributed by atoms with Crippen molar-refractivity contribution in [3.63, 3.8) is 0 Å². The zero-order valence-electron chi connectivity index (χ0n) is 8.37. The first-order valence-electron chi connectivity index (χ1n) is 5.24. The molecule has 1 saturated heterocycles. The van der Waals surface area contributed by atoms with Crippen LogP contribution in [0.5, 0.6) is 0 Å². The molecule has 1 aliphatic heterocycles. The smallest absolute Gasteiger partial charge is 0.0540 e. The molecule has 76 valence electrons. The third-order valence-corrected chi connectivity index (χ3v) is 3.16. The average Bonchev–Trinajstić information content (AvgIpc) is 2.31. The van der Waals surface area contributed by atoms with Crippen LogP contribution < -0.4 is 5.32 Å². The van der Waals surface area contributed by atoms with Crippen molar-refractivity contribution in [3.05, 3.63) is 35.9 Å². The van der Waals surface area contributed by atoms with Gasteiger partial charge in [0.2, 0.25) is 0 Å². The van der Waals surface area contributed by atoms with Gasteiger partial charge in [-0.2, -0.15) is 0 Å². The minimum Gasteiger partial charge on any atom is -0.395 e. The molecule has 1 aromatic rings. The minimum atomic E-state index is -0.0422. The van der Waals surface area contributed by atoms with Crippen molar-refractivity contribution in [2.75, 3.05) is 19.7 Å². The number of hydrogen-bond donors (Lipinski definition) is 2. The molecule has 2 N–H and O–H groups in total. The second-order valence-electron chi connectivity index (χ2n) is 4.08. The van der Waals surface area contributed by atoms with Crippen LogP contribution in [0.4, 0.5) is 0 Å². The summed E-state index contributed by atoms with van der Waals surface area (Å²) in [7, 11) is 0. The van der Waals surface area contributed by atoms with E-state index in [4.69, 9.17) is 0 Å². The molecule has 1 heterocycles. The average molecular weight is 191 g/mol. The van der Waals surface area contributed by atoms with Crippen molar-refractivity contribution < 1.29 is 5.11 Å². The van der Waals surface area contributed by atoms with Gasteiger partial charge in [-0.05, 0) is 24.9 Å². The molecule has 0 saturated carbocycles. The minimum absolute atomic E-state index is 0.0422. The maximum absolute atomic E-state index is 9.55. The van der Waals surface area contributed by atoms with Crippen LogP contribution in [0.1, 0.15) is 18.4 Å². The number of nitrogens with one attached hydrogen (secondary N) is 1. The lowest BCUT2D eigenvalue weighted by molar-refractivity contribution is 0.162. The standard InChI is InChI=1S/C12H17NO/c14-10-12(7-4-8-13-9-12)11-5-2-1-3-6-11/h1-3,5-6,13-14H,4,7-10H2/t12-/m0/s1. The van der Waals surface area contributed by atoms with E-state index >= 15 is 0 Å². The molecule has 0 spiro atoms. The Hall–Kier alpha value is -0.860. The van der Waals surface area contributed by atoms with Crippen LogP contribution in [-0.2, 0) is 5.41 Å². The Morgan fingerprint density at radius 3 is 2.64 bits per heavy atom. The van der Waals surface area contributed by atoms with E-state index in [1.54, 1.807) is 0 Å². The predicted octanol–water partition coefficient (Wildman–Crippen LogP) is 1.30. The first-order chi connectivity index (χ1) is 6.87. The molecule has 0 radical (unpaired) electrons. The largest absolute Gasteiger partial charge is 0.395 e. The van der Waals surface area contributed by atoms with Gasteiger partial charge in [-0.1, -0.05) is 30.3 Å². The molecule has 0 aromatic heterocycles. The Morgan fingerprint density at radius 1 is 1.29 bits per heavy atom. The number of aliphatic hydroxyl groups excluding tert-OH is 1. The van der Waals surface area contributed by atoms with Crippen molar-refractivity contribution in [1.82, 2.24) is 5.32 Å². The van der Waals surface area contributed by atoms with Crippen LogP contribution >= 0.6 is 0 Å². The van der Waals surface area contributed by atoms with Crippen LogP contribution in [0.2, 0.25) is 0 Å². The van der Waals surface area contributed by atoms with Crippen LogP contribution in [0, 0.1) is 0 Å². The fourth-order valence-corrected chi connectivity index (χ4v) is 2.23. The summed E-state index contributed by atoms with van der Waals surface area (Å²) < 4.78 is 0. The first kappa shape index (κ1) is 9.69. The molecule has 0 bridgehead atoms. The topological polar surface area (TPSA) is 32.3 Å². The van der Waals surface area contributed by atoms with E-state index in [1.807, 2.05) is 18.2 Å². The highest BCUT2D eigenvalue weighted by Crippen LogP contribution is 2.30. The summed E-state index contributed by atoms with van der Waals surface area (Å²) in [5.41, 5.74) is 1.22. The Kier molecular flexibility index (Phi) is 2.85. The van der Waals surface area contributed by atoms with Crippen molar-refractivity contribution in [3.8, 4) is 0 Å². The van der Waals surface area contributed by atoms with Crippen LogP contribution in [0.25, 0.3) is 0 Å². The highest BCUT2D eigenvalue weighted by molar-refractivity contribution is 5.26. The second kappa shape index (κ2) is 4.11. The first-order valence-corrected chi connectivity index (χ1v) is 5.24. The van der Waals surface area contributed by atoms with Gasteiger partial charge in [-0.25, -0.2) is 0 Å². The highest BCUT2D eigenvalue weighted by atomic mass is 16.3. The number of benzene rings is 1. The number of hydrogen-bond acceptors (Lipinski definition) is 2. The summed E-state index contributed by atoms with van der Waals surface area (Å²) in [5, 5.41) is 12.9. The summed E-state index contributed by atoms with van der Waals surface area (Å²) >= 11 is 0. The van der Waals surface area contributed by atoms with Crippen molar-refractivity contribution >= 4 is 0 Å². The normalized spacial score (nSPS) is 27.5. The van der Waals surface area contributed by atoms with Crippen LogP contribution in [0.3, 0.4) is 0 Å². The molecule has 2 heteroatoms. The van der Waals surface area contributed by atoms with E-state index in [0.29, 0.717) is 0 Å². The van der Waals surface area contributed by atoms with Gasteiger partial charge in [0.15, 0.2) is 0 Å². The fraction of sp³-hybridized carbons (Fsp3) is 0.500. The Morgan fingerprint density at radius 2 is 2.07 bits per heavy atom. The SMILES string of the molecule is OC[C@]1(c2ccccc2)CCCNC1. The van der Waals surface area contributed by atoms with E-state index in [1.165, 1.54) is 5.56 Å². The van der Waals surface area contributed by atoms with Crippen molar-refractivity contribution in [1.29, 1.82) is 0 Å². The Labute approximate surface area is 85.0 Å². The quantitative estimate of drug-likeness (QED) is 0.738. The van der Waals surface area contributed by atoms with Crippen molar-refractivity contribution in [2.45, 2.75) is 18.3 Å². The summed E-state index contributed by atoms with van der Waals surface area (Å²) in [6.45, 7) is 2.21. The molecule has 0 amide bonds. The predicted molar refractivity (Wildman–Crippen MR) is 57.3 cm³/mol. The van der Waals surface area contributed by atoms with E-state index in [-0.39, 0.29) is 12.0 Å². The lowest BCUT2D eigenvalue weighted by atomic mass is 9.75. The van der Waals surface area contributed by atoms with Gasteiger partial charge in [-0.15, -0.1) is 0 Å². The van der Waals surface area contributed by atoms with E-state index in [9.17, 15) is 5.11 Å². The van der Waals surface area contributed by atoms with E-state index in [0.717, 1.165) is 25.9 Å². The summed E-state index contributed by atoms with van der Waals surface area (Å²) in [6, 6.07) is 10.3. The van der Waals surface area contributed by atoms with Gasteiger partial charge in [0, 0.05) is 12.0 Å². The molecule has 14 heavy (non-hydrogen) atoms. The maximum Gasteiger partial charge on any atom is 0.0540 e. The Balaban J connectivity index is 2.27. The molecule has 2 rings (SSSR count). The zero-order chi connectivity index (χ0) is 9.86. The second-order valence-corrected chi connectivity index (χ2v) is 4.08. The lowest BCUT2D eigenvalue weighted by Gasteiger charge is -2.36. The maximum atomic E-state index is 9.55. The number of piperidine rings is 1. The number of rotatable bonds is 2. The molecule has 2 nitrogen and oxygen atoms in total. The van der Waals surface area contributed by atoms with E-state index in [2.05, 4.69) is 17.4 Å². The van der Waals surface area contributed by atoms with Crippen molar-refractivity contribution in [2.24, 2.45) is 0 Å². The molecule has 1 aliphatic rings. The third kappa shape index (κ3) is 1.68. The van der Waals surface area contributed by atoms with Gasteiger partial charge in [-0.3, -0.25) is 0 Å². The summed E-state index contributed by atoms with van der Waals surface area (Å²) in [6.07, 6.45) is 2.23. The van der Waals surface area contributed by atoms with Gasteiger partial charge in [0.05, 0.1) is 6.61 Å². The van der Waals surface area contributed by atoms with Gasteiger partial charge >= 0.3 is 0 Å².